The standard InChI is InChI=1S/C22H17F2N3O3S/c1-31(29,30)26-16-7-5-14-10-21(22(25)28)27(20(14)12-16)17-4-2-3-13(9-17)18-8-6-15(23)11-19(18)24/h2-12,26H,1H3,(H2,25,28). The number of halogens is 2. The summed E-state index contributed by atoms with van der Waals surface area (Å²) in [5.74, 6) is -2.09. The molecule has 0 saturated heterocycles. The van der Waals surface area contributed by atoms with Crippen LogP contribution in [0.25, 0.3) is 27.7 Å². The van der Waals surface area contributed by atoms with Gasteiger partial charge in [-0.2, -0.15) is 0 Å². The molecule has 0 bridgehead atoms. The molecule has 3 aromatic carbocycles. The number of fused-ring (bicyclic) bond motifs is 1. The van der Waals surface area contributed by atoms with E-state index in [1.807, 2.05) is 0 Å². The first kappa shape index (κ1) is 20.5. The van der Waals surface area contributed by atoms with Crippen molar-refractivity contribution in [3.05, 3.63) is 84.1 Å². The van der Waals surface area contributed by atoms with Crippen LogP contribution in [0.3, 0.4) is 0 Å². The number of carbonyl (C=O) groups is 1. The summed E-state index contributed by atoms with van der Waals surface area (Å²) in [6.45, 7) is 0. The Hall–Kier alpha value is -3.72. The predicted octanol–water partition coefficient (Wildman–Crippen LogP) is 4.05. The second-order valence-corrected chi connectivity index (χ2v) is 8.80. The van der Waals surface area contributed by atoms with Crippen molar-refractivity contribution in [1.29, 1.82) is 0 Å². The van der Waals surface area contributed by atoms with Gasteiger partial charge in [0.25, 0.3) is 5.91 Å². The molecule has 0 saturated carbocycles. The lowest BCUT2D eigenvalue weighted by atomic mass is 10.0. The Kier molecular flexibility index (Phi) is 4.98. The van der Waals surface area contributed by atoms with E-state index in [-0.39, 0.29) is 11.3 Å². The minimum absolute atomic E-state index is 0.170. The Morgan fingerprint density at radius 1 is 1.00 bits per heavy atom. The molecule has 4 aromatic rings. The number of carbonyl (C=O) groups excluding carboxylic acids is 1. The lowest BCUT2D eigenvalue weighted by molar-refractivity contribution is 0.0994. The van der Waals surface area contributed by atoms with E-state index in [0.717, 1.165) is 18.4 Å². The molecule has 1 aromatic heterocycles. The molecule has 0 atom stereocenters. The van der Waals surface area contributed by atoms with Crippen LogP contribution in [0.4, 0.5) is 14.5 Å². The molecule has 4 rings (SSSR count). The van der Waals surface area contributed by atoms with Gasteiger partial charge in [-0.3, -0.25) is 9.52 Å². The van der Waals surface area contributed by atoms with Gasteiger partial charge in [-0.15, -0.1) is 0 Å². The molecule has 0 spiro atoms. The van der Waals surface area contributed by atoms with Gasteiger partial charge in [0.1, 0.15) is 17.3 Å². The molecule has 0 aliphatic heterocycles. The van der Waals surface area contributed by atoms with Crippen LogP contribution < -0.4 is 10.5 Å². The molecule has 1 amide bonds. The zero-order chi connectivity index (χ0) is 22.3. The van der Waals surface area contributed by atoms with Crippen LogP contribution in [0.2, 0.25) is 0 Å². The van der Waals surface area contributed by atoms with Gasteiger partial charge < -0.3 is 10.3 Å². The van der Waals surface area contributed by atoms with E-state index in [0.29, 0.717) is 27.8 Å². The van der Waals surface area contributed by atoms with Gasteiger partial charge in [0, 0.05) is 22.7 Å². The molecule has 0 unspecified atom stereocenters. The summed E-state index contributed by atoms with van der Waals surface area (Å²) in [6.07, 6.45) is 1.03. The van der Waals surface area contributed by atoms with E-state index < -0.39 is 27.6 Å². The largest absolute Gasteiger partial charge is 0.364 e. The summed E-state index contributed by atoms with van der Waals surface area (Å²) in [4.78, 5) is 12.1. The Morgan fingerprint density at radius 2 is 1.77 bits per heavy atom. The number of primary amides is 1. The van der Waals surface area contributed by atoms with Crippen LogP contribution in [-0.2, 0) is 10.0 Å². The fourth-order valence-corrected chi connectivity index (χ4v) is 4.03. The average molecular weight is 441 g/mol. The van der Waals surface area contributed by atoms with Crippen LogP contribution in [0.15, 0.2) is 66.7 Å². The maximum Gasteiger partial charge on any atom is 0.265 e. The van der Waals surface area contributed by atoms with Crippen LogP contribution in [0, 0.1) is 11.6 Å². The first-order valence-corrected chi connectivity index (χ1v) is 11.0. The number of hydrogen-bond donors (Lipinski definition) is 2. The van der Waals surface area contributed by atoms with Crippen molar-refractivity contribution >= 4 is 32.5 Å². The fourth-order valence-electron chi connectivity index (χ4n) is 3.47. The third kappa shape index (κ3) is 4.13. The number of amides is 1. The number of rotatable bonds is 5. The Morgan fingerprint density at radius 3 is 2.45 bits per heavy atom. The summed E-state index contributed by atoms with van der Waals surface area (Å²) in [5, 5.41) is 0.659. The van der Waals surface area contributed by atoms with Crippen LogP contribution in [-0.4, -0.2) is 25.1 Å². The van der Waals surface area contributed by atoms with Gasteiger partial charge in [0.05, 0.1) is 17.5 Å². The number of nitrogens with one attached hydrogen (secondary N) is 1. The summed E-state index contributed by atoms with van der Waals surface area (Å²) >= 11 is 0. The monoisotopic (exact) mass is 441 g/mol. The average Bonchev–Trinajstić information content (AvgIpc) is 3.06. The van der Waals surface area contributed by atoms with Crippen molar-refractivity contribution < 1.29 is 22.0 Å². The minimum atomic E-state index is -3.51. The molecule has 3 N–H and O–H groups in total. The molecule has 0 radical (unpaired) electrons. The normalized spacial score (nSPS) is 11.6. The maximum atomic E-state index is 14.3. The molecular weight excluding hydrogens is 424 g/mol. The van der Waals surface area contributed by atoms with E-state index in [9.17, 15) is 22.0 Å². The second kappa shape index (κ2) is 7.51. The van der Waals surface area contributed by atoms with E-state index in [1.54, 1.807) is 53.1 Å². The van der Waals surface area contributed by atoms with Crippen molar-refractivity contribution in [3.8, 4) is 16.8 Å². The maximum absolute atomic E-state index is 14.3. The molecule has 6 nitrogen and oxygen atoms in total. The Balaban J connectivity index is 1.93. The lowest BCUT2D eigenvalue weighted by Crippen LogP contribution is -2.16. The first-order chi connectivity index (χ1) is 14.6. The summed E-state index contributed by atoms with van der Waals surface area (Å²) in [7, 11) is -3.51. The molecular formula is C22H17F2N3O3S. The highest BCUT2D eigenvalue weighted by molar-refractivity contribution is 7.92. The Bertz CT molecular complexity index is 1450. The molecule has 0 aliphatic rings. The van der Waals surface area contributed by atoms with E-state index in [2.05, 4.69) is 4.72 Å². The van der Waals surface area contributed by atoms with Crippen molar-refractivity contribution in [2.45, 2.75) is 0 Å². The highest BCUT2D eigenvalue weighted by atomic mass is 32.2. The topological polar surface area (TPSA) is 94.2 Å². The number of anilines is 1. The van der Waals surface area contributed by atoms with Crippen LogP contribution in [0.5, 0.6) is 0 Å². The fraction of sp³-hybridized carbons (Fsp3) is 0.0455. The number of sulfonamides is 1. The Labute approximate surface area is 177 Å². The molecule has 0 fully saturated rings. The van der Waals surface area contributed by atoms with E-state index >= 15 is 0 Å². The third-order valence-corrected chi connectivity index (χ3v) is 5.31. The van der Waals surface area contributed by atoms with Gasteiger partial charge in [0.2, 0.25) is 10.0 Å². The van der Waals surface area contributed by atoms with Gasteiger partial charge >= 0.3 is 0 Å². The molecule has 1 heterocycles. The van der Waals surface area contributed by atoms with Crippen LogP contribution in [0.1, 0.15) is 10.5 Å². The van der Waals surface area contributed by atoms with Gasteiger partial charge in [-0.25, -0.2) is 17.2 Å². The highest BCUT2D eigenvalue weighted by Gasteiger charge is 2.17. The van der Waals surface area contributed by atoms with E-state index in [1.165, 1.54) is 6.07 Å². The molecule has 0 aliphatic carbocycles. The molecule has 31 heavy (non-hydrogen) atoms. The number of nitrogens with zero attached hydrogens (tertiary/aromatic N) is 1. The van der Waals surface area contributed by atoms with Gasteiger partial charge in [-0.05, 0) is 48.0 Å². The van der Waals surface area contributed by atoms with E-state index in [4.69, 9.17) is 5.73 Å². The predicted molar refractivity (Wildman–Crippen MR) is 116 cm³/mol. The quantitative estimate of drug-likeness (QED) is 0.489. The van der Waals surface area contributed by atoms with Crippen molar-refractivity contribution in [2.75, 3.05) is 11.0 Å². The summed E-state index contributed by atoms with van der Waals surface area (Å²) in [5.41, 5.74) is 7.75. The SMILES string of the molecule is CS(=O)(=O)Nc1ccc2cc(C(N)=O)n(-c3cccc(-c4ccc(F)cc4F)c3)c2c1. The number of nitrogens with two attached hydrogens (primary N) is 1. The smallest absolute Gasteiger partial charge is 0.265 e. The van der Waals surface area contributed by atoms with Crippen molar-refractivity contribution in [3.63, 3.8) is 0 Å². The number of hydrogen-bond acceptors (Lipinski definition) is 3. The zero-order valence-corrected chi connectivity index (χ0v) is 17.1. The minimum Gasteiger partial charge on any atom is -0.364 e. The number of aromatic nitrogens is 1. The van der Waals surface area contributed by atoms with Gasteiger partial charge in [0.15, 0.2) is 0 Å². The van der Waals surface area contributed by atoms with Crippen molar-refractivity contribution in [1.82, 2.24) is 4.57 Å². The number of benzene rings is 3. The lowest BCUT2D eigenvalue weighted by Gasteiger charge is -2.12. The van der Waals surface area contributed by atoms with Gasteiger partial charge in [-0.1, -0.05) is 18.2 Å². The highest BCUT2D eigenvalue weighted by Crippen LogP contribution is 2.30. The second-order valence-electron chi connectivity index (χ2n) is 7.05. The summed E-state index contributed by atoms with van der Waals surface area (Å²) in [6, 6.07) is 16.4. The zero-order valence-electron chi connectivity index (χ0n) is 16.3. The summed E-state index contributed by atoms with van der Waals surface area (Å²) < 4.78 is 54.8. The first-order valence-electron chi connectivity index (χ1n) is 9.11. The third-order valence-electron chi connectivity index (χ3n) is 4.71. The van der Waals surface area contributed by atoms with Crippen LogP contribution >= 0.6 is 0 Å². The van der Waals surface area contributed by atoms with Crippen molar-refractivity contribution in [2.24, 2.45) is 5.73 Å². The molecule has 158 valence electrons. The molecule has 9 heteroatoms.